The van der Waals surface area contributed by atoms with E-state index in [1.54, 1.807) is 18.2 Å². The van der Waals surface area contributed by atoms with E-state index in [1.807, 2.05) is 26.0 Å². The van der Waals surface area contributed by atoms with Crippen molar-refractivity contribution in [2.75, 3.05) is 13.2 Å². The van der Waals surface area contributed by atoms with E-state index < -0.39 is 5.97 Å². The van der Waals surface area contributed by atoms with E-state index >= 15 is 0 Å². The highest BCUT2D eigenvalue weighted by Gasteiger charge is 2.21. The molecule has 1 aliphatic heterocycles. The second kappa shape index (κ2) is 8.18. The molecule has 0 unspecified atom stereocenters. The molecule has 1 atom stereocenters. The Morgan fingerprint density at radius 1 is 1.31 bits per heavy atom. The zero-order valence-corrected chi connectivity index (χ0v) is 16.5. The number of Topliss-reactive ketones (excluding diaryl/α,β-unsaturated/α-hetero) is 1. The van der Waals surface area contributed by atoms with Gasteiger partial charge in [0.15, 0.2) is 6.61 Å². The zero-order valence-electron chi connectivity index (χ0n) is 15.0. The molecule has 1 fully saturated rings. The van der Waals surface area contributed by atoms with E-state index in [9.17, 15) is 9.59 Å². The van der Waals surface area contributed by atoms with Crippen molar-refractivity contribution < 1.29 is 19.1 Å². The summed E-state index contributed by atoms with van der Waals surface area (Å²) >= 11 is 3.32. The smallest absolute Gasteiger partial charge is 0.338 e. The van der Waals surface area contributed by atoms with Crippen molar-refractivity contribution in [3.8, 4) is 0 Å². The highest BCUT2D eigenvalue weighted by Crippen LogP contribution is 2.21. The summed E-state index contributed by atoms with van der Waals surface area (Å²) in [7, 11) is 0. The highest BCUT2D eigenvalue weighted by molar-refractivity contribution is 9.10. The number of ether oxygens (including phenoxy) is 2. The van der Waals surface area contributed by atoms with Gasteiger partial charge in [0, 0.05) is 34.6 Å². The van der Waals surface area contributed by atoms with Crippen LogP contribution in [0.3, 0.4) is 0 Å². The number of hydrogen-bond acceptors (Lipinski definition) is 4. The highest BCUT2D eigenvalue weighted by atomic mass is 79.9. The minimum Gasteiger partial charge on any atom is -0.454 e. The van der Waals surface area contributed by atoms with Crippen LogP contribution in [0.4, 0.5) is 0 Å². The summed E-state index contributed by atoms with van der Waals surface area (Å²) in [6.07, 6.45) is 2.34. The summed E-state index contributed by atoms with van der Waals surface area (Å²) in [5.41, 5.74) is 2.92. The second-order valence-corrected chi connectivity index (χ2v) is 7.46. The Morgan fingerprint density at radius 2 is 2.12 bits per heavy atom. The van der Waals surface area contributed by atoms with Crippen molar-refractivity contribution in [1.29, 1.82) is 0 Å². The average Bonchev–Trinajstić information content (AvgIpc) is 3.23. The summed E-state index contributed by atoms with van der Waals surface area (Å²) in [6.45, 7) is 5.19. The van der Waals surface area contributed by atoms with Crippen LogP contribution in [0.1, 0.15) is 44.9 Å². The van der Waals surface area contributed by atoms with Gasteiger partial charge < -0.3 is 14.0 Å². The molecule has 1 aliphatic rings. The molecule has 0 bridgehead atoms. The molecule has 0 saturated carbocycles. The molecule has 0 radical (unpaired) electrons. The lowest BCUT2D eigenvalue weighted by atomic mass is 10.1. The first-order valence-electron chi connectivity index (χ1n) is 8.70. The van der Waals surface area contributed by atoms with Crippen LogP contribution in [0.5, 0.6) is 0 Å². The largest absolute Gasteiger partial charge is 0.454 e. The van der Waals surface area contributed by atoms with Crippen LogP contribution in [-0.2, 0) is 16.0 Å². The van der Waals surface area contributed by atoms with E-state index in [0.29, 0.717) is 11.1 Å². The molecule has 1 aromatic heterocycles. The molecule has 1 saturated heterocycles. The quantitative estimate of drug-likeness (QED) is 0.522. The maximum absolute atomic E-state index is 12.5. The van der Waals surface area contributed by atoms with Crippen molar-refractivity contribution in [3.05, 3.63) is 57.3 Å². The molecule has 0 spiro atoms. The molecule has 1 aromatic carbocycles. The third-order valence-electron chi connectivity index (χ3n) is 4.68. The number of hydrogen-bond donors (Lipinski definition) is 0. The first-order valence-corrected chi connectivity index (χ1v) is 9.49. The molecule has 0 N–H and O–H groups in total. The van der Waals surface area contributed by atoms with Gasteiger partial charge in [-0.2, -0.15) is 0 Å². The second-order valence-electron chi connectivity index (χ2n) is 6.54. The standard InChI is InChI=1S/C20H22BrNO4/c1-13-9-18(14(2)22(13)11-17-7-4-8-25-17)19(23)12-26-20(24)15-5-3-6-16(21)10-15/h3,5-6,9-10,17H,4,7-8,11-12H2,1-2H3/t17-/m1/s1. The van der Waals surface area contributed by atoms with E-state index in [1.165, 1.54) is 0 Å². The topological polar surface area (TPSA) is 57.5 Å². The molecule has 3 rings (SSSR count). The summed E-state index contributed by atoms with van der Waals surface area (Å²) in [6, 6.07) is 8.76. The first-order chi connectivity index (χ1) is 12.5. The predicted molar refractivity (Wildman–Crippen MR) is 102 cm³/mol. The number of aromatic nitrogens is 1. The molecule has 5 nitrogen and oxygen atoms in total. The summed E-state index contributed by atoms with van der Waals surface area (Å²) < 4.78 is 13.8. The summed E-state index contributed by atoms with van der Waals surface area (Å²) in [5.74, 6) is -0.701. The van der Waals surface area contributed by atoms with Gasteiger partial charge in [-0.05, 0) is 51.0 Å². The van der Waals surface area contributed by atoms with Gasteiger partial charge in [-0.25, -0.2) is 4.79 Å². The first kappa shape index (κ1) is 18.9. The average molecular weight is 420 g/mol. The molecular weight excluding hydrogens is 398 g/mol. The minimum atomic E-state index is -0.507. The minimum absolute atomic E-state index is 0.194. The Kier molecular flexibility index (Phi) is 5.94. The summed E-state index contributed by atoms with van der Waals surface area (Å²) in [5, 5.41) is 0. The van der Waals surface area contributed by atoms with Crippen molar-refractivity contribution in [2.24, 2.45) is 0 Å². The van der Waals surface area contributed by atoms with Crippen molar-refractivity contribution in [3.63, 3.8) is 0 Å². The van der Waals surface area contributed by atoms with Gasteiger partial charge in [-0.15, -0.1) is 0 Å². The Bertz CT molecular complexity index is 821. The third kappa shape index (κ3) is 4.24. The number of ketones is 1. The van der Waals surface area contributed by atoms with Gasteiger partial charge in [0.05, 0.1) is 11.7 Å². The molecule has 138 valence electrons. The van der Waals surface area contributed by atoms with Gasteiger partial charge in [-0.3, -0.25) is 4.79 Å². The Hall–Kier alpha value is -1.92. The van der Waals surface area contributed by atoms with Crippen LogP contribution in [-0.4, -0.2) is 35.6 Å². The lowest BCUT2D eigenvalue weighted by Crippen LogP contribution is -2.18. The fraction of sp³-hybridized carbons (Fsp3) is 0.400. The number of benzene rings is 1. The maximum Gasteiger partial charge on any atom is 0.338 e. The number of aryl methyl sites for hydroxylation is 1. The number of rotatable bonds is 6. The molecule has 26 heavy (non-hydrogen) atoms. The Labute approximate surface area is 161 Å². The third-order valence-corrected chi connectivity index (χ3v) is 5.17. The van der Waals surface area contributed by atoms with Crippen LogP contribution in [0.15, 0.2) is 34.8 Å². The number of carbonyl (C=O) groups is 2. The molecule has 2 aromatic rings. The zero-order chi connectivity index (χ0) is 18.7. The van der Waals surface area contributed by atoms with Gasteiger partial charge >= 0.3 is 5.97 Å². The van der Waals surface area contributed by atoms with Crippen LogP contribution in [0.25, 0.3) is 0 Å². The number of nitrogens with zero attached hydrogens (tertiary/aromatic N) is 1. The normalized spacial score (nSPS) is 16.7. The molecular formula is C20H22BrNO4. The van der Waals surface area contributed by atoms with Crippen LogP contribution >= 0.6 is 15.9 Å². The lowest BCUT2D eigenvalue weighted by Gasteiger charge is -2.14. The van der Waals surface area contributed by atoms with Gasteiger partial charge in [0.25, 0.3) is 0 Å². The summed E-state index contributed by atoms with van der Waals surface area (Å²) in [4.78, 5) is 24.6. The van der Waals surface area contributed by atoms with Gasteiger partial charge in [-0.1, -0.05) is 22.0 Å². The fourth-order valence-corrected chi connectivity index (χ4v) is 3.66. The fourth-order valence-electron chi connectivity index (χ4n) is 3.26. The molecule has 0 aliphatic carbocycles. The molecule has 2 heterocycles. The van der Waals surface area contributed by atoms with E-state index in [-0.39, 0.29) is 18.5 Å². The number of halogens is 1. The van der Waals surface area contributed by atoms with Crippen LogP contribution in [0.2, 0.25) is 0 Å². The molecule has 6 heteroatoms. The van der Waals surface area contributed by atoms with E-state index in [4.69, 9.17) is 9.47 Å². The Morgan fingerprint density at radius 3 is 2.81 bits per heavy atom. The maximum atomic E-state index is 12.5. The van der Waals surface area contributed by atoms with Crippen molar-refractivity contribution >= 4 is 27.7 Å². The van der Waals surface area contributed by atoms with Crippen molar-refractivity contribution in [1.82, 2.24) is 4.57 Å². The van der Waals surface area contributed by atoms with E-state index in [2.05, 4.69) is 20.5 Å². The Balaban J connectivity index is 1.65. The van der Waals surface area contributed by atoms with Crippen LogP contribution < -0.4 is 0 Å². The van der Waals surface area contributed by atoms with Crippen molar-refractivity contribution in [2.45, 2.75) is 39.3 Å². The van der Waals surface area contributed by atoms with Crippen LogP contribution in [0, 0.1) is 13.8 Å². The SMILES string of the molecule is Cc1cc(C(=O)COC(=O)c2cccc(Br)c2)c(C)n1C[C@H]1CCCO1. The van der Waals surface area contributed by atoms with Gasteiger partial charge in [0.1, 0.15) is 0 Å². The lowest BCUT2D eigenvalue weighted by molar-refractivity contribution is 0.0474. The molecule has 0 amide bonds. The number of esters is 1. The predicted octanol–water partition coefficient (Wildman–Crippen LogP) is 4.09. The van der Waals surface area contributed by atoms with Gasteiger partial charge in [0.2, 0.25) is 5.78 Å². The monoisotopic (exact) mass is 419 g/mol. The van der Waals surface area contributed by atoms with E-state index in [0.717, 1.165) is 41.9 Å². The number of carbonyl (C=O) groups excluding carboxylic acids is 2.